The lowest BCUT2D eigenvalue weighted by atomic mass is 9.97. The first kappa shape index (κ1) is 13.8. The van der Waals surface area contributed by atoms with Crippen LogP contribution >= 0.6 is 0 Å². The lowest BCUT2D eigenvalue weighted by Gasteiger charge is -2.17. The molecule has 1 aliphatic rings. The van der Waals surface area contributed by atoms with Gasteiger partial charge in [-0.1, -0.05) is 36.4 Å². The zero-order valence-corrected chi connectivity index (χ0v) is 12.7. The number of H-pyrrole nitrogens is 1. The fourth-order valence-corrected chi connectivity index (χ4v) is 3.32. The molecule has 114 valence electrons. The molecule has 4 rings (SSSR count). The van der Waals surface area contributed by atoms with Crippen molar-refractivity contribution in [2.75, 3.05) is 4.90 Å². The van der Waals surface area contributed by atoms with Gasteiger partial charge in [0.2, 0.25) is 11.8 Å². The molecule has 0 bridgehead atoms. The van der Waals surface area contributed by atoms with E-state index < -0.39 is 5.92 Å². The zero-order valence-electron chi connectivity index (χ0n) is 12.7. The van der Waals surface area contributed by atoms with Gasteiger partial charge in [-0.3, -0.25) is 9.59 Å². The van der Waals surface area contributed by atoms with Gasteiger partial charge in [-0.2, -0.15) is 0 Å². The third-order valence-corrected chi connectivity index (χ3v) is 4.50. The maximum atomic E-state index is 12.9. The summed E-state index contributed by atoms with van der Waals surface area (Å²) in [7, 11) is 0. The molecule has 1 saturated heterocycles. The Labute approximate surface area is 133 Å². The molecule has 2 aromatic carbocycles. The molecule has 1 atom stereocenters. The van der Waals surface area contributed by atoms with Crippen molar-refractivity contribution in [2.45, 2.75) is 19.3 Å². The molecule has 4 nitrogen and oxygen atoms in total. The topological polar surface area (TPSA) is 53.2 Å². The number of carbonyl (C=O) groups excluding carboxylic acids is 2. The number of anilines is 1. The number of benzene rings is 2. The van der Waals surface area contributed by atoms with Gasteiger partial charge >= 0.3 is 0 Å². The van der Waals surface area contributed by atoms with Crippen molar-refractivity contribution in [1.29, 1.82) is 0 Å². The molecule has 4 heteroatoms. The third kappa shape index (κ3) is 2.06. The van der Waals surface area contributed by atoms with Gasteiger partial charge in [-0.15, -0.1) is 0 Å². The van der Waals surface area contributed by atoms with Gasteiger partial charge < -0.3 is 4.98 Å². The number of hydrogen-bond acceptors (Lipinski definition) is 2. The van der Waals surface area contributed by atoms with Gasteiger partial charge in [-0.05, 0) is 30.2 Å². The van der Waals surface area contributed by atoms with Crippen LogP contribution in [-0.2, 0) is 9.59 Å². The Hall–Kier alpha value is -2.88. The van der Waals surface area contributed by atoms with Crippen LogP contribution in [0.4, 0.5) is 5.69 Å². The molecule has 1 fully saturated rings. The minimum Gasteiger partial charge on any atom is -0.361 e. The van der Waals surface area contributed by atoms with Crippen LogP contribution in [-0.4, -0.2) is 16.8 Å². The molecule has 0 aliphatic carbocycles. The van der Waals surface area contributed by atoms with Gasteiger partial charge in [0.25, 0.3) is 0 Å². The largest absolute Gasteiger partial charge is 0.361 e. The quantitative estimate of drug-likeness (QED) is 0.736. The Morgan fingerprint density at radius 2 is 1.78 bits per heavy atom. The van der Waals surface area contributed by atoms with Crippen LogP contribution < -0.4 is 4.90 Å². The Bertz CT molecular complexity index is 926. The maximum absolute atomic E-state index is 12.9. The lowest BCUT2D eigenvalue weighted by Crippen LogP contribution is -2.30. The van der Waals surface area contributed by atoms with Gasteiger partial charge in [0.05, 0.1) is 11.6 Å². The molecule has 3 aromatic rings. The van der Waals surface area contributed by atoms with E-state index in [9.17, 15) is 9.59 Å². The van der Waals surface area contributed by atoms with Crippen LogP contribution in [0.25, 0.3) is 10.9 Å². The molecule has 0 radical (unpaired) electrons. The highest BCUT2D eigenvalue weighted by Gasteiger charge is 2.41. The van der Waals surface area contributed by atoms with E-state index in [4.69, 9.17) is 0 Å². The highest BCUT2D eigenvalue weighted by atomic mass is 16.2. The first-order valence-corrected chi connectivity index (χ1v) is 7.65. The summed E-state index contributed by atoms with van der Waals surface area (Å²) in [6.45, 7) is 1.91. The van der Waals surface area contributed by atoms with Crippen LogP contribution in [0, 0.1) is 6.92 Å². The van der Waals surface area contributed by atoms with E-state index in [0.29, 0.717) is 5.69 Å². The van der Waals surface area contributed by atoms with E-state index in [1.807, 2.05) is 61.7 Å². The Kier molecular flexibility index (Phi) is 3.05. The summed E-state index contributed by atoms with van der Waals surface area (Å²) in [5, 5.41) is 1.00. The van der Waals surface area contributed by atoms with E-state index in [1.165, 1.54) is 4.90 Å². The van der Waals surface area contributed by atoms with Crippen LogP contribution in [0.5, 0.6) is 0 Å². The van der Waals surface area contributed by atoms with E-state index in [1.54, 1.807) is 0 Å². The number of aryl methyl sites for hydroxylation is 1. The van der Waals surface area contributed by atoms with Crippen molar-refractivity contribution in [1.82, 2.24) is 4.98 Å². The van der Waals surface area contributed by atoms with Crippen LogP contribution in [0.2, 0.25) is 0 Å². The number of aromatic nitrogens is 1. The standard InChI is InChI=1S/C19H16N2O2/c1-12-6-2-5-9-17(12)21-18(22)10-14(19(21)23)15-11-20-16-8-4-3-7-13(15)16/h2-9,11,14,20H,10H2,1H3/t14-/m1/s1. The fourth-order valence-electron chi connectivity index (χ4n) is 3.32. The number of aromatic amines is 1. The number of nitrogens with zero attached hydrogens (tertiary/aromatic N) is 1. The first-order chi connectivity index (χ1) is 11.2. The molecule has 23 heavy (non-hydrogen) atoms. The van der Waals surface area contributed by atoms with E-state index >= 15 is 0 Å². The summed E-state index contributed by atoms with van der Waals surface area (Å²) < 4.78 is 0. The summed E-state index contributed by atoms with van der Waals surface area (Å²) in [5.74, 6) is -0.702. The van der Waals surface area contributed by atoms with Gasteiger partial charge in [0.1, 0.15) is 0 Å². The number of para-hydroxylation sites is 2. The highest BCUT2D eigenvalue weighted by molar-refractivity contribution is 6.23. The number of carbonyl (C=O) groups is 2. The summed E-state index contributed by atoms with van der Waals surface area (Å²) >= 11 is 0. The molecular formula is C19H16N2O2. The molecule has 0 unspecified atom stereocenters. The molecule has 0 spiro atoms. The average Bonchev–Trinajstić information content (AvgIpc) is 3.09. The summed E-state index contributed by atoms with van der Waals surface area (Å²) in [6.07, 6.45) is 2.07. The Balaban J connectivity index is 1.77. The van der Waals surface area contributed by atoms with Gasteiger partial charge in [0, 0.05) is 23.5 Å². The highest BCUT2D eigenvalue weighted by Crippen LogP contribution is 2.37. The molecule has 1 aromatic heterocycles. The van der Waals surface area contributed by atoms with E-state index in [0.717, 1.165) is 22.0 Å². The second kappa shape index (κ2) is 5.09. The van der Waals surface area contributed by atoms with E-state index in [-0.39, 0.29) is 18.2 Å². The number of hydrogen-bond donors (Lipinski definition) is 1. The number of fused-ring (bicyclic) bond motifs is 1. The van der Waals surface area contributed by atoms with Crippen molar-refractivity contribution in [3.05, 3.63) is 65.9 Å². The number of rotatable bonds is 2. The fraction of sp³-hybridized carbons (Fsp3) is 0.158. The minimum absolute atomic E-state index is 0.139. The predicted molar refractivity (Wildman–Crippen MR) is 89.3 cm³/mol. The monoisotopic (exact) mass is 304 g/mol. The number of imide groups is 1. The van der Waals surface area contributed by atoms with Crippen LogP contribution in [0.1, 0.15) is 23.5 Å². The zero-order chi connectivity index (χ0) is 16.0. The van der Waals surface area contributed by atoms with Crippen molar-refractivity contribution in [2.24, 2.45) is 0 Å². The van der Waals surface area contributed by atoms with Crippen LogP contribution in [0.15, 0.2) is 54.7 Å². The maximum Gasteiger partial charge on any atom is 0.241 e. The van der Waals surface area contributed by atoms with Crippen molar-refractivity contribution < 1.29 is 9.59 Å². The van der Waals surface area contributed by atoms with Crippen molar-refractivity contribution in [3.8, 4) is 0 Å². The summed E-state index contributed by atoms with van der Waals surface area (Å²) in [4.78, 5) is 29.9. The number of amides is 2. The lowest BCUT2D eigenvalue weighted by molar-refractivity contribution is -0.121. The molecule has 1 N–H and O–H groups in total. The average molecular weight is 304 g/mol. The molecule has 0 saturated carbocycles. The predicted octanol–water partition coefficient (Wildman–Crippen LogP) is 3.52. The Morgan fingerprint density at radius 3 is 2.61 bits per heavy atom. The SMILES string of the molecule is Cc1ccccc1N1C(=O)C[C@H](c2c[nH]c3ccccc23)C1=O. The van der Waals surface area contributed by atoms with Gasteiger partial charge in [0.15, 0.2) is 0 Å². The molecular weight excluding hydrogens is 288 g/mol. The van der Waals surface area contributed by atoms with Crippen molar-refractivity contribution in [3.63, 3.8) is 0 Å². The van der Waals surface area contributed by atoms with Crippen LogP contribution in [0.3, 0.4) is 0 Å². The van der Waals surface area contributed by atoms with E-state index in [2.05, 4.69) is 4.98 Å². The first-order valence-electron chi connectivity index (χ1n) is 7.65. The second-order valence-electron chi connectivity index (χ2n) is 5.90. The summed E-state index contributed by atoms with van der Waals surface area (Å²) in [6, 6.07) is 15.3. The normalized spacial score (nSPS) is 18.1. The minimum atomic E-state index is -0.418. The molecule has 2 heterocycles. The van der Waals surface area contributed by atoms with Crippen molar-refractivity contribution >= 4 is 28.4 Å². The third-order valence-electron chi connectivity index (χ3n) is 4.50. The molecule has 1 aliphatic heterocycles. The van der Waals surface area contributed by atoms with Gasteiger partial charge in [-0.25, -0.2) is 4.90 Å². The molecule has 2 amide bonds. The Morgan fingerprint density at radius 1 is 1.04 bits per heavy atom. The summed E-state index contributed by atoms with van der Waals surface area (Å²) in [5.41, 5.74) is 3.49. The number of nitrogens with one attached hydrogen (secondary N) is 1. The second-order valence-corrected chi connectivity index (χ2v) is 5.90. The smallest absolute Gasteiger partial charge is 0.241 e.